The van der Waals surface area contributed by atoms with Crippen LogP contribution in [0.4, 0.5) is 18.9 Å². The molecule has 0 spiro atoms. The molecule has 0 aliphatic heterocycles. The van der Waals surface area contributed by atoms with Gasteiger partial charge in [0.15, 0.2) is 0 Å². The number of hydrogen-bond donors (Lipinski definition) is 1. The average Bonchev–Trinajstić information content (AvgIpc) is 2.27. The van der Waals surface area contributed by atoms with Gasteiger partial charge in [-0.25, -0.2) is 0 Å². The van der Waals surface area contributed by atoms with Gasteiger partial charge in [0.25, 0.3) is 0 Å². The Morgan fingerprint density at radius 2 is 1.89 bits per heavy atom. The molecule has 0 atom stereocenters. The zero-order valence-corrected chi connectivity index (χ0v) is 10.7. The third kappa shape index (κ3) is 4.15. The molecule has 0 heterocycles. The second-order valence-corrected chi connectivity index (χ2v) is 4.45. The molecule has 0 saturated heterocycles. The summed E-state index contributed by atoms with van der Waals surface area (Å²) in [5, 5.41) is 8.67. The molecule has 106 valence electrons. The van der Waals surface area contributed by atoms with Crippen molar-refractivity contribution in [1.29, 1.82) is 0 Å². The third-order valence-electron chi connectivity index (χ3n) is 2.71. The number of carboxylic acids is 1. The first-order valence-corrected chi connectivity index (χ1v) is 5.88. The summed E-state index contributed by atoms with van der Waals surface area (Å²) in [7, 11) is 0. The van der Waals surface area contributed by atoms with Gasteiger partial charge in [-0.2, -0.15) is 13.2 Å². The zero-order valence-electron chi connectivity index (χ0n) is 10.7. The summed E-state index contributed by atoms with van der Waals surface area (Å²) < 4.78 is 38.8. The largest absolute Gasteiger partial charge is 0.481 e. The fraction of sp³-hybridized carbons (Fsp3) is 0.462. The number of nitrogens with zero attached hydrogens (tertiary/aromatic N) is 1. The molecule has 0 fully saturated rings. The van der Waals surface area contributed by atoms with E-state index in [4.69, 9.17) is 5.11 Å². The molecule has 1 aromatic carbocycles. The van der Waals surface area contributed by atoms with E-state index in [0.29, 0.717) is 0 Å². The molecule has 0 unspecified atom stereocenters. The van der Waals surface area contributed by atoms with Crippen LogP contribution >= 0.6 is 0 Å². The number of para-hydroxylation sites is 1. The number of carbonyl (C=O) groups is 1. The van der Waals surface area contributed by atoms with Crippen molar-refractivity contribution in [1.82, 2.24) is 0 Å². The van der Waals surface area contributed by atoms with Crippen molar-refractivity contribution in [3.63, 3.8) is 0 Å². The van der Waals surface area contributed by atoms with Gasteiger partial charge in [0.05, 0.1) is 12.0 Å². The fourth-order valence-corrected chi connectivity index (χ4v) is 1.84. The van der Waals surface area contributed by atoms with Gasteiger partial charge in [-0.1, -0.05) is 12.1 Å². The minimum absolute atomic E-state index is 0.0197. The van der Waals surface area contributed by atoms with Gasteiger partial charge in [-0.05, 0) is 26.0 Å². The highest BCUT2D eigenvalue weighted by molar-refractivity contribution is 5.68. The van der Waals surface area contributed by atoms with Crippen LogP contribution in [0.2, 0.25) is 0 Å². The molecule has 0 amide bonds. The smallest absolute Gasteiger partial charge is 0.418 e. The number of aliphatic carboxylic acids is 1. The molecule has 1 N–H and O–H groups in total. The zero-order chi connectivity index (χ0) is 14.6. The molecule has 0 aliphatic carbocycles. The lowest BCUT2D eigenvalue weighted by molar-refractivity contribution is -0.137. The average molecular weight is 275 g/mol. The Morgan fingerprint density at radius 1 is 1.32 bits per heavy atom. The number of benzene rings is 1. The van der Waals surface area contributed by atoms with E-state index >= 15 is 0 Å². The van der Waals surface area contributed by atoms with Crippen LogP contribution in [0.3, 0.4) is 0 Å². The Bertz CT molecular complexity index is 444. The van der Waals surface area contributed by atoms with Crippen LogP contribution in [0.5, 0.6) is 0 Å². The minimum Gasteiger partial charge on any atom is -0.481 e. The maximum absolute atomic E-state index is 12.9. The van der Waals surface area contributed by atoms with E-state index in [9.17, 15) is 18.0 Å². The van der Waals surface area contributed by atoms with Gasteiger partial charge in [-0.15, -0.1) is 0 Å². The van der Waals surface area contributed by atoms with E-state index < -0.39 is 17.7 Å². The van der Waals surface area contributed by atoms with Gasteiger partial charge in [0.2, 0.25) is 0 Å². The third-order valence-corrected chi connectivity index (χ3v) is 2.71. The number of alkyl halides is 3. The molecule has 0 bridgehead atoms. The highest BCUT2D eigenvalue weighted by atomic mass is 19.4. The van der Waals surface area contributed by atoms with Crippen molar-refractivity contribution in [2.45, 2.75) is 32.5 Å². The first-order chi connectivity index (χ1) is 8.73. The number of hydrogen-bond acceptors (Lipinski definition) is 2. The standard InChI is InChI=1S/C13H16F3NO2/c1-9(2)17(8-7-12(18)19)11-6-4-3-5-10(11)13(14,15)16/h3-6,9H,7-8H2,1-2H3,(H,18,19). The van der Waals surface area contributed by atoms with Crippen molar-refractivity contribution in [2.24, 2.45) is 0 Å². The van der Waals surface area contributed by atoms with Crippen molar-refractivity contribution < 1.29 is 23.1 Å². The van der Waals surface area contributed by atoms with Gasteiger partial charge in [-0.3, -0.25) is 4.79 Å². The number of carboxylic acid groups (broad SMARTS) is 1. The molecule has 6 heteroatoms. The molecule has 0 radical (unpaired) electrons. The molecule has 1 aromatic rings. The summed E-state index contributed by atoms with van der Waals surface area (Å²) in [4.78, 5) is 12.0. The Morgan fingerprint density at radius 3 is 2.37 bits per heavy atom. The van der Waals surface area contributed by atoms with Crippen LogP contribution in [-0.2, 0) is 11.0 Å². The van der Waals surface area contributed by atoms with Gasteiger partial charge in [0.1, 0.15) is 0 Å². The lowest BCUT2D eigenvalue weighted by Gasteiger charge is -2.30. The van der Waals surface area contributed by atoms with Crippen LogP contribution in [0, 0.1) is 0 Å². The van der Waals surface area contributed by atoms with E-state index in [1.165, 1.54) is 23.1 Å². The summed E-state index contributed by atoms with van der Waals surface area (Å²) in [6.07, 6.45) is -4.66. The Kier molecular flexibility index (Phi) is 4.80. The van der Waals surface area contributed by atoms with Crippen molar-refractivity contribution >= 4 is 11.7 Å². The normalized spacial score (nSPS) is 11.7. The Labute approximate surface area is 109 Å². The predicted molar refractivity (Wildman–Crippen MR) is 66.2 cm³/mol. The lowest BCUT2D eigenvalue weighted by Crippen LogP contribution is -2.34. The van der Waals surface area contributed by atoms with Crippen LogP contribution in [0.25, 0.3) is 0 Å². The quantitative estimate of drug-likeness (QED) is 0.895. The second kappa shape index (κ2) is 5.95. The summed E-state index contributed by atoms with van der Waals surface area (Å²) in [6, 6.07) is 4.99. The molecular weight excluding hydrogens is 259 g/mol. The van der Waals surface area contributed by atoms with E-state index in [1.807, 2.05) is 0 Å². The van der Waals surface area contributed by atoms with Crippen molar-refractivity contribution in [2.75, 3.05) is 11.4 Å². The van der Waals surface area contributed by atoms with E-state index in [2.05, 4.69) is 0 Å². The second-order valence-electron chi connectivity index (χ2n) is 4.45. The first kappa shape index (κ1) is 15.3. The van der Waals surface area contributed by atoms with Crippen LogP contribution in [0.15, 0.2) is 24.3 Å². The predicted octanol–water partition coefficient (Wildman–Crippen LogP) is 3.39. The Balaban J connectivity index is 3.12. The summed E-state index contributed by atoms with van der Waals surface area (Å²) in [5.41, 5.74) is -0.722. The topological polar surface area (TPSA) is 40.5 Å². The molecule has 1 rings (SSSR count). The highest BCUT2D eigenvalue weighted by Gasteiger charge is 2.34. The van der Waals surface area contributed by atoms with E-state index in [-0.39, 0.29) is 24.7 Å². The highest BCUT2D eigenvalue weighted by Crippen LogP contribution is 2.37. The number of halogens is 3. The maximum atomic E-state index is 12.9. The summed E-state index contributed by atoms with van der Waals surface area (Å²) >= 11 is 0. The van der Waals surface area contributed by atoms with Gasteiger partial charge < -0.3 is 10.0 Å². The molecule has 0 aliphatic rings. The summed E-state index contributed by atoms with van der Waals surface area (Å²) in [5.74, 6) is -1.03. The fourth-order valence-electron chi connectivity index (χ4n) is 1.84. The number of rotatable bonds is 5. The number of anilines is 1. The monoisotopic (exact) mass is 275 g/mol. The minimum atomic E-state index is -4.45. The molecule has 3 nitrogen and oxygen atoms in total. The molecule has 0 aromatic heterocycles. The first-order valence-electron chi connectivity index (χ1n) is 5.88. The van der Waals surface area contributed by atoms with Crippen molar-refractivity contribution in [3.05, 3.63) is 29.8 Å². The molecule has 19 heavy (non-hydrogen) atoms. The van der Waals surface area contributed by atoms with E-state index in [0.717, 1.165) is 6.07 Å². The van der Waals surface area contributed by atoms with Gasteiger partial charge in [0, 0.05) is 18.3 Å². The van der Waals surface area contributed by atoms with E-state index in [1.54, 1.807) is 13.8 Å². The SMILES string of the molecule is CC(C)N(CCC(=O)O)c1ccccc1C(F)(F)F. The molecule has 0 saturated carbocycles. The van der Waals surface area contributed by atoms with Gasteiger partial charge >= 0.3 is 12.1 Å². The van der Waals surface area contributed by atoms with Crippen LogP contribution < -0.4 is 4.90 Å². The van der Waals surface area contributed by atoms with Crippen LogP contribution in [-0.4, -0.2) is 23.7 Å². The maximum Gasteiger partial charge on any atom is 0.418 e. The lowest BCUT2D eigenvalue weighted by atomic mass is 10.1. The Hall–Kier alpha value is -1.72. The van der Waals surface area contributed by atoms with Crippen LogP contribution in [0.1, 0.15) is 25.8 Å². The molecular formula is C13H16F3NO2. The summed E-state index contributed by atoms with van der Waals surface area (Å²) in [6.45, 7) is 3.50. The van der Waals surface area contributed by atoms with Crippen molar-refractivity contribution in [3.8, 4) is 0 Å².